The Hall–Kier alpha value is -1.83. The average Bonchev–Trinajstić information content (AvgIpc) is 2.26. The van der Waals surface area contributed by atoms with Crippen LogP contribution in [0.3, 0.4) is 0 Å². The Kier molecular flexibility index (Phi) is 3.68. The Morgan fingerprint density at radius 2 is 2.00 bits per heavy atom. The molecule has 0 aliphatic heterocycles. The molecule has 0 saturated heterocycles. The fourth-order valence-electron chi connectivity index (χ4n) is 1.05. The molecule has 0 heterocycles. The molecule has 0 N–H and O–H groups in total. The van der Waals surface area contributed by atoms with Crippen molar-refractivity contribution in [2.75, 3.05) is 7.11 Å². The van der Waals surface area contributed by atoms with Crippen LogP contribution < -0.4 is 0 Å². The van der Waals surface area contributed by atoms with Gasteiger partial charge < -0.3 is 4.74 Å². The Morgan fingerprint density at radius 1 is 1.36 bits per heavy atom. The maximum atomic E-state index is 11.2. The summed E-state index contributed by atoms with van der Waals surface area (Å²) in [6.07, 6.45) is 3.22. The van der Waals surface area contributed by atoms with Crippen LogP contribution in [0.4, 0.5) is 0 Å². The predicted octanol–water partition coefficient (Wildman–Crippen LogP) is 2.43. The van der Waals surface area contributed by atoms with Gasteiger partial charge in [0.15, 0.2) is 0 Å². The van der Waals surface area contributed by atoms with Crippen molar-refractivity contribution in [2.45, 2.75) is 0 Å². The molecule has 1 rings (SSSR count). The van der Waals surface area contributed by atoms with Gasteiger partial charge in [0.1, 0.15) is 0 Å². The molecule has 2 nitrogen and oxygen atoms in total. The van der Waals surface area contributed by atoms with E-state index in [1.54, 1.807) is 6.08 Å². The summed E-state index contributed by atoms with van der Waals surface area (Å²) in [7, 11) is 1.35. The molecular weight excluding hydrogens is 176 g/mol. The summed E-state index contributed by atoms with van der Waals surface area (Å²) in [6.45, 7) is 3.56. The second kappa shape index (κ2) is 5.02. The molecular formula is C12H12O2. The topological polar surface area (TPSA) is 26.3 Å². The van der Waals surface area contributed by atoms with Gasteiger partial charge in [-0.15, -0.1) is 0 Å². The molecule has 1 aromatic carbocycles. The summed E-state index contributed by atoms with van der Waals surface area (Å²) in [4.78, 5) is 11.2. The van der Waals surface area contributed by atoms with Gasteiger partial charge in [0.25, 0.3) is 0 Å². The second-order valence-electron chi connectivity index (χ2n) is 2.71. The number of esters is 1. The van der Waals surface area contributed by atoms with E-state index in [4.69, 9.17) is 0 Å². The maximum Gasteiger partial charge on any atom is 0.337 e. The van der Waals surface area contributed by atoms with Crippen LogP contribution in [0.5, 0.6) is 0 Å². The minimum atomic E-state index is -0.371. The van der Waals surface area contributed by atoms with E-state index in [-0.39, 0.29) is 5.97 Å². The second-order valence-corrected chi connectivity index (χ2v) is 2.71. The summed E-state index contributed by atoms with van der Waals surface area (Å²) in [5, 5.41) is 0. The van der Waals surface area contributed by atoms with Crippen molar-refractivity contribution < 1.29 is 9.53 Å². The fraction of sp³-hybridized carbons (Fsp3) is 0.0833. The van der Waals surface area contributed by atoms with Crippen LogP contribution >= 0.6 is 0 Å². The van der Waals surface area contributed by atoms with E-state index in [0.29, 0.717) is 5.57 Å². The molecule has 0 spiro atoms. The van der Waals surface area contributed by atoms with Crippen LogP contribution in [0.2, 0.25) is 0 Å². The lowest BCUT2D eigenvalue weighted by Gasteiger charge is -1.99. The van der Waals surface area contributed by atoms with Crippen molar-refractivity contribution in [1.29, 1.82) is 0 Å². The van der Waals surface area contributed by atoms with Crippen molar-refractivity contribution in [3.63, 3.8) is 0 Å². The lowest BCUT2D eigenvalue weighted by atomic mass is 10.1. The van der Waals surface area contributed by atoms with Gasteiger partial charge in [0.2, 0.25) is 0 Å². The van der Waals surface area contributed by atoms with Crippen molar-refractivity contribution in [2.24, 2.45) is 0 Å². The third kappa shape index (κ3) is 2.59. The molecule has 0 aromatic heterocycles. The van der Waals surface area contributed by atoms with Gasteiger partial charge in [-0.1, -0.05) is 43.0 Å². The van der Waals surface area contributed by atoms with Crippen LogP contribution in [0.25, 0.3) is 6.08 Å². The first kappa shape index (κ1) is 10.3. The molecule has 14 heavy (non-hydrogen) atoms. The zero-order valence-electron chi connectivity index (χ0n) is 8.07. The van der Waals surface area contributed by atoms with Crippen molar-refractivity contribution in [3.8, 4) is 0 Å². The molecule has 0 unspecified atom stereocenters. The summed E-state index contributed by atoms with van der Waals surface area (Å²) in [5.41, 5.74) is 1.41. The summed E-state index contributed by atoms with van der Waals surface area (Å²) in [6, 6.07) is 9.55. The Bertz CT molecular complexity index is 350. The van der Waals surface area contributed by atoms with Crippen LogP contribution in [0.1, 0.15) is 5.56 Å². The van der Waals surface area contributed by atoms with Crippen LogP contribution in [-0.4, -0.2) is 13.1 Å². The van der Waals surface area contributed by atoms with E-state index in [1.165, 1.54) is 13.2 Å². The first-order valence-corrected chi connectivity index (χ1v) is 4.25. The van der Waals surface area contributed by atoms with Gasteiger partial charge in [-0.05, 0) is 11.6 Å². The lowest BCUT2D eigenvalue weighted by Crippen LogP contribution is -2.01. The number of methoxy groups -OCH3 is 1. The van der Waals surface area contributed by atoms with E-state index in [9.17, 15) is 4.79 Å². The number of hydrogen-bond donors (Lipinski definition) is 0. The molecule has 0 amide bonds. The van der Waals surface area contributed by atoms with Gasteiger partial charge in [0, 0.05) is 0 Å². The standard InChI is InChI=1S/C12H12O2/c1-3-11(12(13)14-2)9-10-7-5-4-6-8-10/h3-9H,1H2,2H3/b11-9-. The highest BCUT2D eigenvalue weighted by Crippen LogP contribution is 2.08. The summed E-state index contributed by atoms with van der Waals surface area (Å²) >= 11 is 0. The van der Waals surface area contributed by atoms with Gasteiger partial charge in [-0.2, -0.15) is 0 Å². The molecule has 0 radical (unpaired) electrons. The highest BCUT2D eigenvalue weighted by molar-refractivity contribution is 5.96. The van der Waals surface area contributed by atoms with E-state index < -0.39 is 0 Å². The zero-order chi connectivity index (χ0) is 10.4. The highest BCUT2D eigenvalue weighted by Gasteiger charge is 2.04. The van der Waals surface area contributed by atoms with E-state index in [1.807, 2.05) is 30.3 Å². The molecule has 0 bridgehead atoms. The molecule has 0 atom stereocenters. The summed E-state index contributed by atoms with van der Waals surface area (Å²) in [5.74, 6) is -0.371. The highest BCUT2D eigenvalue weighted by atomic mass is 16.5. The first-order valence-electron chi connectivity index (χ1n) is 4.25. The van der Waals surface area contributed by atoms with Gasteiger partial charge in [0.05, 0.1) is 12.7 Å². The number of carbonyl (C=O) groups excluding carboxylic acids is 1. The predicted molar refractivity (Wildman–Crippen MR) is 56.6 cm³/mol. The molecule has 0 aliphatic rings. The lowest BCUT2D eigenvalue weighted by molar-refractivity contribution is -0.135. The number of hydrogen-bond acceptors (Lipinski definition) is 2. The quantitative estimate of drug-likeness (QED) is 0.413. The average molecular weight is 188 g/mol. The number of carbonyl (C=O) groups is 1. The van der Waals surface area contributed by atoms with E-state index in [2.05, 4.69) is 11.3 Å². The molecule has 0 aliphatic carbocycles. The Balaban J connectivity index is 2.95. The molecule has 0 fully saturated rings. The number of rotatable bonds is 3. The minimum Gasteiger partial charge on any atom is -0.465 e. The van der Waals surface area contributed by atoms with Crippen molar-refractivity contribution in [1.82, 2.24) is 0 Å². The molecule has 2 heteroatoms. The largest absolute Gasteiger partial charge is 0.465 e. The van der Waals surface area contributed by atoms with Gasteiger partial charge in [-0.25, -0.2) is 4.79 Å². The minimum absolute atomic E-state index is 0.371. The fourth-order valence-corrected chi connectivity index (χ4v) is 1.05. The third-order valence-electron chi connectivity index (χ3n) is 1.76. The molecule has 0 saturated carbocycles. The van der Waals surface area contributed by atoms with Gasteiger partial charge in [-0.3, -0.25) is 0 Å². The Labute approximate surface area is 83.5 Å². The van der Waals surface area contributed by atoms with Crippen LogP contribution in [0, 0.1) is 0 Å². The van der Waals surface area contributed by atoms with Crippen LogP contribution in [0.15, 0.2) is 48.6 Å². The third-order valence-corrected chi connectivity index (χ3v) is 1.76. The Morgan fingerprint density at radius 3 is 2.50 bits per heavy atom. The molecule has 1 aromatic rings. The zero-order valence-corrected chi connectivity index (χ0v) is 8.07. The van der Waals surface area contributed by atoms with E-state index in [0.717, 1.165) is 5.56 Å². The molecule has 72 valence electrons. The normalized spacial score (nSPS) is 10.8. The van der Waals surface area contributed by atoms with E-state index >= 15 is 0 Å². The smallest absolute Gasteiger partial charge is 0.337 e. The van der Waals surface area contributed by atoms with Crippen molar-refractivity contribution in [3.05, 3.63) is 54.1 Å². The monoisotopic (exact) mass is 188 g/mol. The first-order chi connectivity index (χ1) is 6.77. The van der Waals surface area contributed by atoms with Crippen molar-refractivity contribution >= 4 is 12.0 Å². The van der Waals surface area contributed by atoms with Gasteiger partial charge >= 0.3 is 5.97 Å². The number of ether oxygens (including phenoxy) is 1. The number of benzene rings is 1. The van der Waals surface area contributed by atoms with Crippen LogP contribution in [-0.2, 0) is 9.53 Å². The maximum absolute atomic E-state index is 11.2. The SMILES string of the molecule is C=C/C(=C/c1ccccc1)C(=O)OC. The summed E-state index contributed by atoms with van der Waals surface area (Å²) < 4.78 is 4.60.